The highest BCUT2D eigenvalue weighted by Crippen LogP contribution is 2.21. The van der Waals surface area contributed by atoms with E-state index < -0.39 is 0 Å². The Hall–Kier alpha value is -1.59. The fourth-order valence-electron chi connectivity index (χ4n) is 2.88. The van der Waals surface area contributed by atoms with Crippen LogP contribution in [0.3, 0.4) is 0 Å². The first-order chi connectivity index (χ1) is 10.1. The average Bonchev–Trinajstić information content (AvgIpc) is 3.01. The smallest absolute Gasteiger partial charge is 0.287 e. The van der Waals surface area contributed by atoms with E-state index in [1.807, 2.05) is 0 Å². The van der Waals surface area contributed by atoms with E-state index in [4.69, 9.17) is 11.6 Å². The summed E-state index contributed by atoms with van der Waals surface area (Å²) >= 11 is 5.94. The highest BCUT2D eigenvalue weighted by molar-refractivity contribution is 6.30. The molecule has 0 aromatic carbocycles. The minimum atomic E-state index is -0.148. The standard InChI is InChI=1S/C15H19ClN4O/c1-10-3-4-12(19(10)2)8-18-15(21)14-17-9-13-7-11(16)5-6-20(13)14/h5-7,9-10,12H,3-4,8H2,1-2H3,(H,18,21)/t10-,12-/m0/s1. The largest absolute Gasteiger partial charge is 0.348 e. The van der Waals surface area contributed by atoms with Crippen molar-refractivity contribution in [1.29, 1.82) is 0 Å². The molecule has 2 aromatic heterocycles. The van der Waals surface area contributed by atoms with Gasteiger partial charge in [0.25, 0.3) is 5.91 Å². The van der Waals surface area contributed by atoms with E-state index in [0.717, 1.165) is 11.9 Å². The highest BCUT2D eigenvalue weighted by atomic mass is 35.5. The number of carbonyl (C=O) groups excluding carboxylic acids is 1. The number of hydrogen-bond acceptors (Lipinski definition) is 3. The lowest BCUT2D eigenvalue weighted by Gasteiger charge is -2.23. The Morgan fingerprint density at radius 2 is 2.33 bits per heavy atom. The van der Waals surface area contributed by atoms with Gasteiger partial charge >= 0.3 is 0 Å². The monoisotopic (exact) mass is 306 g/mol. The molecule has 1 N–H and O–H groups in total. The van der Waals surface area contributed by atoms with Gasteiger partial charge in [0.15, 0.2) is 0 Å². The van der Waals surface area contributed by atoms with Crippen LogP contribution < -0.4 is 5.32 Å². The van der Waals surface area contributed by atoms with E-state index in [-0.39, 0.29) is 5.91 Å². The van der Waals surface area contributed by atoms with Crippen LogP contribution in [-0.4, -0.2) is 45.9 Å². The van der Waals surface area contributed by atoms with Crippen molar-refractivity contribution in [1.82, 2.24) is 19.6 Å². The van der Waals surface area contributed by atoms with Gasteiger partial charge in [0, 0.05) is 29.8 Å². The van der Waals surface area contributed by atoms with Crippen LogP contribution in [0, 0.1) is 0 Å². The van der Waals surface area contributed by atoms with Gasteiger partial charge in [0.2, 0.25) is 5.82 Å². The Kier molecular flexibility index (Phi) is 3.87. The van der Waals surface area contributed by atoms with E-state index in [1.165, 1.54) is 6.42 Å². The van der Waals surface area contributed by atoms with Gasteiger partial charge in [0.05, 0.1) is 11.7 Å². The van der Waals surface area contributed by atoms with Crippen LogP contribution in [0.4, 0.5) is 0 Å². The van der Waals surface area contributed by atoms with E-state index in [2.05, 4.69) is 29.2 Å². The minimum Gasteiger partial charge on any atom is -0.348 e. The van der Waals surface area contributed by atoms with Crippen LogP contribution in [0.25, 0.3) is 5.52 Å². The number of hydrogen-bond donors (Lipinski definition) is 1. The maximum atomic E-state index is 12.3. The van der Waals surface area contributed by atoms with Gasteiger partial charge in [-0.25, -0.2) is 4.98 Å². The van der Waals surface area contributed by atoms with Crippen molar-refractivity contribution in [2.24, 2.45) is 0 Å². The molecule has 6 heteroatoms. The molecule has 112 valence electrons. The van der Waals surface area contributed by atoms with Crippen molar-refractivity contribution in [2.45, 2.75) is 31.8 Å². The molecule has 2 aromatic rings. The molecular formula is C15H19ClN4O. The van der Waals surface area contributed by atoms with Gasteiger partial charge in [-0.2, -0.15) is 0 Å². The molecular weight excluding hydrogens is 288 g/mol. The number of nitrogens with one attached hydrogen (secondary N) is 1. The second-order valence-corrected chi connectivity index (χ2v) is 6.11. The quantitative estimate of drug-likeness (QED) is 0.946. The molecule has 5 nitrogen and oxygen atoms in total. The molecule has 0 unspecified atom stereocenters. The summed E-state index contributed by atoms with van der Waals surface area (Å²) in [4.78, 5) is 18.8. The summed E-state index contributed by atoms with van der Waals surface area (Å²) in [5.74, 6) is 0.251. The average molecular weight is 307 g/mol. The number of fused-ring (bicyclic) bond motifs is 1. The van der Waals surface area contributed by atoms with Crippen LogP contribution >= 0.6 is 11.6 Å². The second-order valence-electron chi connectivity index (χ2n) is 5.68. The normalized spacial score (nSPS) is 22.8. The summed E-state index contributed by atoms with van der Waals surface area (Å²) < 4.78 is 1.75. The maximum Gasteiger partial charge on any atom is 0.287 e. The molecule has 3 heterocycles. The third-order valence-electron chi connectivity index (χ3n) is 4.38. The lowest BCUT2D eigenvalue weighted by Crippen LogP contribution is -2.40. The highest BCUT2D eigenvalue weighted by Gasteiger charge is 2.27. The number of amides is 1. The SMILES string of the molecule is C[C@H]1CC[C@@H](CNC(=O)c2ncc3cc(Cl)ccn23)N1C. The van der Waals surface area contributed by atoms with Gasteiger partial charge in [-0.05, 0) is 38.9 Å². The molecule has 1 fully saturated rings. The maximum absolute atomic E-state index is 12.3. The number of likely N-dealkylation sites (N-methyl/N-ethyl adjacent to an activating group) is 1. The summed E-state index contributed by atoms with van der Waals surface area (Å²) in [6.45, 7) is 2.87. The van der Waals surface area contributed by atoms with E-state index in [0.29, 0.717) is 29.5 Å². The number of carbonyl (C=O) groups is 1. The van der Waals surface area contributed by atoms with Gasteiger partial charge in [-0.3, -0.25) is 14.1 Å². The van der Waals surface area contributed by atoms with E-state index >= 15 is 0 Å². The third kappa shape index (κ3) is 2.76. The van der Waals surface area contributed by atoms with Crippen molar-refractivity contribution in [3.63, 3.8) is 0 Å². The Labute approximate surface area is 128 Å². The zero-order chi connectivity index (χ0) is 15.0. The number of aromatic nitrogens is 2. The Morgan fingerprint density at radius 1 is 1.52 bits per heavy atom. The zero-order valence-electron chi connectivity index (χ0n) is 12.2. The van der Waals surface area contributed by atoms with Crippen LogP contribution in [0.1, 0.15) is 30.4 Å². The Bertz CT molecular complexity index is 669. The second kappa shape index (κ2) is 5.66. The number of halogens is 1. The summed E-state index contributed by atoms with van der Waals surface area (Å²) in [6.07, 6.45) is 5.73. The predicted octanol–water partition coefficient (Wildman–Crippen LogP) is 2.20. The van der Waals surface area contributed by atoms with Crippen LogP contribution in [0.2, 0.25) is 5.02 Å². The topological polar surface area (TPSA) is 49.6 Å². The Balaban J connectivity index is 1.70. The summed E-state index contributed by atoms with van der Waals surface area (Å²) in [5, 5.41) is 3.62. The number of imidazole rings is 1. The third-order valence-corrected chi connectivity index (χ3v) is 4.62. The van der Waals surface area contributed by atoms with E-state index in [9.17, 15) is 4.79 Å². The molecule has 0 bridgehead atoms. The van der Waals surface area contributed by atoms with E-state index in [1.54, 1.807) is 28.9 Å². The van der Waals surface area contributed by atoms with Gasteiger partial charge < -0.3 is 5.32 Å². The molecule has 0 spiro atoms. The Morgan fingerprint density at radius 3 is 3.05 bits per heavy atom. The van der Waals surface area contributed by atoms with Crippen molar-refractivity contribution >= 4 is 23.0 Å². The fraction of sp³-hybridized carbons (Fsp3) is 0.467. The predicted molar refractivity (Wildman–Crippen MR) is 82.8 cm³/mol. The van der Waals surface area contributed by atoms with Crippen molar-refractivity contribution in [3.8, 4) is 0 Å². The molecule has 0 saturated carbocycles. The number of rotatable bonds is 3. The molecule has 0 radical (unpaired) electrons. The first kappa shape index (κ1) is 14.4. The van der Waals surface area contributed by atoms with Crippen molar-refractivity contribution < 1.29 is 4.79 Å². The zero-order valence-corrected chi connectivity index (χ0v) is 13.0. The molecule has 0 aliphatic carbocycles. The molecule has 2 atom stereocenters. The number of pyridine rings is 1. The lowest BCUT2D eigenvalue weighted by atomic mass is 10.2. The molecule has 1 amide bonds. The molecule has 3 rings (SSSR count). The number of nitrogens with zero attached hydrogens (tertiary/aromatic N) is 3. The summed E-state index contributed by atoms with van der Waals surface area (Å²) in [6, 6.07) is 4.53. The molecule has 21 heavy (non-hydrogen) atoms. The molecule has 1 saturated heterocycles. The van der Waals surface area contributed by atoms with Crippen LogP contribution in [-0.2, 0) is 0 Å². The first-order valence-corrected chi connectivity index (χ1v) is 7.57. The minimum absolute atomic E-state index is 0.148. The lowest BCUT2D eigenvalue weighted by molar-refractivity contribution is 0.0930. The molecule has 1 aliphatic heterocycles. The summed E-state index contributed by atoms with van der Waals surface area (Å²) in [7, 11) is 2.11. The van der Waals surface area contributed by atoms with Gasteiger partial charge in [-0.15, -0.1) is 0 Å². The first-order valence-electron chi connectivity index (χ1n) is 7.19. The summed E-state index contributed by atoms with van der Waals surface area (Å²) in [5.41, 5.74) is 0.819. The fourth-order valence-corrected chi connectivity index (χ4v) is 3.05. The van der Waals surface area contributed by atoms with Gasteiger partial charge in [-0.1, -0.05) is 11.6 Å². The van der Waals surface area contributed by atoms with Crippen LogP contribution in [0.5, 0.6) is 0 Å². The van der Waals surface area contributed by atoms with Crippen LogP contribution in [0.15, 0.2) is 24.5 Å². The van der Waals surface area contributed by atoms with Gasteiger partial charge in [0.1, 0.15) is 0 Å². The van der Waals surface area contributed by atoms with Crippen molar-refractivity contribution in [3.05, 3.63) is 35.4 Å². The molecule has 1 aliphatic rings. The van der Waals surface area contributed by atoms with Crippen molar-refractivity contribution in [2.75, 3.05) is 13.6 Å². The number of likely N-dealkylation sites (tertiary alicyclic amines) is 1.